The maximum absolute atomic E-state index is 12.9. The van der Waals surface area contributed by atoms with E-state index in [9.17, 15) is 4.39 Å². The van der Waals surface area contributed by atoms with E-state index in [-0.39, 0.29) is 5.82 Å². The van der Waals surface area contributed by atoms with E-state index in [4.69, 9.17) is 4.74 Å². The summed E-state index contributed by atoms with van der Waals surface area (Å²) in [5.41, 5.74) is 1.02. The maximum atomic E-state index is 12.9. The van der Waals surface area contributed by atoms with Crippen molar-refractivity contribution < 1.29 is 9.13 Å². The topological polar surface area (TPSA) is 21.3 Å². The quantitative estimate of drug-likeness (QED) is 0.856. The Hall–Kier alpha value is -0.360. The fourth-order valence-corrected chi connectivity index (χ4v) is 2.51. The van der Waals surface area contributed by atoms with E-state index >= 15 is 0 Å². The molecule has 4 heteroatoms. The van der Waals surface area contributed by atoms with Gasteiger partial charge in [0.05, 0.1) is 0 Å². The highest BCUT2D eigenvalue weighted by atomic mass is 127. The van der Waals surface area contributed by atoms with E-state index < -0.39 is 0 Å². The third-order valence-corrected chi connectivity index (χ3v) is 3.75. The first kappa shape index (κ1) is 12.1. The smallest absolute Gasteiger partial charge is 0.124 e. The van der Waals surface area contributed by atoms with Gasteiger partial charge in [0.25, 0.3) is 0 Å². The summed E-state index contributed by atoms with van der Waals surface area (Å²) >= 11 is 2.15. The van der Waals surface area contributed by atoms with Gasteiger partial charge in [-0.15, -0.1) is 0 Å². The van der Waals surface area contributed by atoms with Crippen molar-refractivity contribution in [3.8, 4) is 0 Å². The van der Waals surface area contributed by atoms with Crippen LogP contribution in [0, 0.1) is 15.3 Å². The van der Waals surface area contributed by atoms with Crippen LogP contribution in [-0.2, 0) is 4.74 Å². The SMILES string of the molecule is Fc1ccc(NCC2CCOCC2)c(I)c1. The minimum atomic E-state index is -0.180. The van der Waals surface area contributed by atoms with E-state index in [2.05, 4.69) is 27.9 Å². The second-order valence-corrected chi connectivity index (χ2v) is 5.22. The molecule has 0 radical (unpaired) electrons. The standard InChI is InChI=1S/C12H15FINO/c13-10-1-2-12(11(14)7-10)15-8-9-3-5-16-6-4-9/h1-2,7,9,15H,3-6,8H2. The van der Waals surface area contributed by atoms with E-state index in [1.165, 1.54) is 6.07 Å². The number of ether oxygens (including phenoxy) is 1. The van der Waals surface area contributed by atoms with E-state index in [1.807, 2.05) is 0 Å². The fourth-order valence-electron chi connectivity index (χ4n) is 1.84. The zero-order chi connectivity index (χ0) is 11.4. The van der Waals surface area contributed by atoms with Gasteiger partial charge in [-0.25, -0.2) is 4.39 Å². The highest BCUT2D eigenvalue weighted by Gasteiger charge is 2.13. The van der Waals surface area contributed by atoms with Gasteiger partial charge >= 0.3 is 0 Å². The van der Waals surface area contributed by atoms with E-state index in [1.54, 1.807) is 12.1 Å². The van der Waals surface area contributed by atoms with Crippen molar-refractivity contribution in [3.63, 3.8) is 0 Å². The molecule has 1 aromatic carbocycles. The lowest BCUT2D eigenvalue weighted by atomic mass is 10.0. The second kappa shape index (κ2) is 5.82. The zero-order valence-electron chi connectivity index (χ0n) is 9.01. The molecule has 1 N–H and O–H groups in total. The van der Waals surface area contributed by atoms with Crippen molar-refractivity contribution in [1.82, 2.24) is 0 Å². The van der Waals surface area contributed by atoms with Crippen LogP contribution in [0.5, 0.6) is 0 Å². The van der Waals surface area contributed by atoms with Crippen molar-refractivity contribution in [3.05, 3.63) is 27.6 Å². The summed E-state index contributed by atoms with van der Waals surface area (Å²) < 4.78 is 19.1. The predicted molar refractivity (Wildman–Crippen MR) is 71.1 cm³/mol. The van der Waals surface area contributed by atoms with Gasteiger partial charge in [0.2, 0.25) is 0 Å². The summed E-state index contributed by atoms with van der Waals surface area (Å²) in [7, 11) is 0. The minimum Gasteiger partial charge on any atom is -0.384 e. The van der Waals surface area contributed by atoms with Crippen LogP contribution in [0.2, 0.25) is 0 Å². The third kappa shape index (κ3) is 3.31. The summed E-state index contributed by atoms with van der Waals surface area (Å²) in [5, 5.41) is 3.38. The number of anilines is 1. The Morgan fingerprint density at radius 1 is 1.38 bits per heavy atom. The molecule has 2 rings (SSSR count). The van der Waals surface area contributed by atoms with Gasteiger partial charge in [-0.2, -0.15) is 0 Å². The predicted octanol–water partition coefficient (Wildman–Crippen LogP) is 3.27. The summed E-state index contributed by atoms with van der Waals surface area (Å²) in [5.74, 6) is 0.496. The van der Waals surface area contributed by atoms with Crippen molar-refractivity contribution in [1.29, 1.82) is 0 Å². The van der Waals surface area contributed by atoms with Crippen LogP contribution in [0.4, 0.5) is 10.1 Å². The molecule has 1 aliphatic heterocycles. The molecule has 1 fully saturated rings. The van der Waals surface area contributed by atoms with Crippen LogP contribution in [0.15, 0.2) is 18.2 Å². The number of hydrogen-bond acceptors (Lipinski definition) is 2. The molecular weight excluding hydrogens is 320 g/mol. The second-order valence-electron chi connectivity index (χ2n) is 4.06. The molecule has 0 aromatic heterocycles. The first-order valence-electron chi connectivity index (χ1n) is 5.52. The molecule has 0 unspecified atom stereocenters. The Morgan fingerprint density at radius 3 is 2.81 bits per heavy atom. The van der Waals surface area contributed by atoms with Crippen LogP contribution in [0.1, 0.15) is 12.8 Å². The summed E-state index contributed by atoms with van der Waals surface area (Å²) in [6, 6.07) is 4.85. The summed E-state index contributed by atoms with van der Waals surface area (Å²) in [6.45, 7) is 2.69. The molecule has 0 bridgehead atoms. The summed E-state index contributed by atoms with van der Waals surface area (Å²) in [6.07, 6.45) is 2.23. The molecule has 0 amide bonds. The molecule has 16 heavy (non-hydrogen) atoms. The first-order valence-corrected chi connectivity index (χ1v) is 6.60. The number of rotatable bonds is 3. The molecule has 0 atom stereocenters. The van der Waals surface area contributed by atoms with Crippen LogP contribution in [-0.4, -0.2) is 19.8 Å². The van der Waals surface area contributed by atoms with Gasteiger partial charge in [0.15, 0.2) is 0 Å². The van der Waals surface area contributed by atoms with Gasteiger partial charge in [0, 0.05) is 29.0 Å². The normalized spacial score (nSPS) is 17.4. The molecule has 88 valence electrons. The third-order valence-electron chi connectivity index (χ3n) is 2.85. The monoisotopic (exact) mass is 335 g/mol. The summed E-state index contributed by atoms with van der Waals surface area (Å²) in [4.78, 5) is 0. The lowest BCUT2D eigenvalue weighted by Crippen LogP contribution is -2.22. The molecule has 0 spiro atoms. The Kier molecular flexibility index (Phi) is 4.40. The van der Waals surface area contributed by atoms with Crippen LogP contribution >= 0.6 is 22.6 Å². The highest BCUT2D eigenvalue weighted by Crippen LogP contribution is 2.21. The van der Waals surface area contributed by atoms with E-state index in [0.717, 1.165) is 41.9 Å². The molecule has 1 saturated heterocycles. The lowest BCUT2D eigenvalue weighted by Gasteiger charge is -2.23. The Balaban J connectivity index is 1.88. The Morgan fingerprint density at radius 2 is 2.12 bits per heavy atom. The van der Waals surface area contributed by atoms with Crippen LogP contribution in [0.3, 0.4) is 0 Å². The number of benzene rings is 1. The van der Waals surface area contributed by atoms with Gasteiger partial charge in [0.1, 0.15) is 5.82 Å². The average Bonchev–Trinajstić information content (AvgIpc) is 2.29. The highest BCUT2D eigenvalue weighted by molar-refractivity contribution is 14.1. The van der Waals surface area contributed by atoms with Crippen LogP contribution in [0.25, 0.3) is 0 Å². The molecule has 0 saturated carbocycles. The maximum Gasteiger partial charge on any atom is 0.124 e. The minimum absolute atomic E-state index is 0.180. The molecular formula is C12H15FINO. The van der Waals surface area contributed by atoms with Crippen molar-refractivity contribution in [2.75, 3.05) is 25.1 Å². The number of halogens is 2. The van der Waals surface area contributed by atoms with Crippen LogP contribution < -0.4 is 5.32 Å². The van der Waals surface area contributed by atoms with Crippen molar-refractivity contribution >= 4 is 28.3 Å². The Bertz CT molecular complexity index is 353. The van der Waals surface area contributed by atoms with Gasteiger partial charge in [-0.3, -0.25) is 0 Å². The van der Waals surface area contributed by atoms with Crippen molar-refractivity contribution in [2.45, 2.75) is 12.8 Å². The Labute approximate surface area is 109 Å². The molecule has 1 aliphatic rings. The first-order chi connectivity index (χ1) is 7.75. The molecule has 0 aliphatic carbocycles. The molecule has 2 nitrogen and oxygen atoms in total. The fraction of sp³-hybridized carbons (Fsp3) is 0.500. The van der Waals surface area contributed by atoms with Gasteiger partial charge in [-0.1, -0.05) is 0 Å². The number of hydrogen-bond donors (Lipinski definition) is 1. The zero-order valence-corrected chi connectivity index (χ0v) is 11.2. The van der Waals surface area contributed by atoms with E-state index in [0.29, 0.717) is 5.92 Å². The van der Waals surface area contributed by atoms with Gasteiger partial charge < -0.3 is 10.1 Å². The lowest BCUT2D eigenvalue weighted by molar-refractivity contribution is 0.0699. The van der Waals surface area contributed by atoms with Gasteiger partial charge in [-0.05, 0) is 59.5 Å². The largest absolute Gasteiger partial charge is 0.384 e. The molecule has 1 aromatic rings. The molecule has 1 heterocycles. The average molecular weight is 335 g/mol. The number of nitrogens with one attached hydrogen (secondary N) is 1. The van der Waals surface area contributed by atoms with Crippen molar-refractivity contribution in [2.24, 2.45) is 5.92 Å².